The lowest BCUT2D eigenvalue weighted by atomic mass is 10.2. The number of benzene rings is 1. The molecule has 2 N–H and O–H groups in total. The minimum atomic E-state index is 0.371. The van der Waals surface area contributed by atoms with E-state index in [1.54, 1.807) is 0 Å². The molecule has 0 unspecified atom stereocenters. The number of aryl methyl sites for hydroxylation is 1. The maximum Gasteiger partial charge on any atom is 0.136 e. The first-order valence-electron chi connectivity index (χ1n) is 5.08. The largest absolute Gasteiger partial charge is 0.487 e. The first-order valence-corrected chi connectivity index (χ1v) is 5.85. The van der Waals surface area contributed by atoms with Gasteiger partial charge in [0.15, 0.2) is 0 Å². The van der Waals surface area contributed by atoms with Gasteiger partial charge in [0.25, 0.3) is 0 Å². The van der Waals surface area contributed by atoms with E-state index in [1.165, 1.54) is 17.1 Å². The van der Waals surface area contributed by atoms with Gasteiger partial charge in [-0.3, -0.25) is 0 Å². The van der Waals surface area contributed by atoms with Gasteiger partial charge in [0.2, 0.25) is 0 Å². The van der Waals surface area contributed by atoms with Crippen LogP contribution in [0.15, 0.2) is 24.3 Å². The fourth-order valence-electron chi connectivity index (χ4n) is 1.32. The van der Waals surface area contributed by atoms with Gasteiger partial charge < -0.3 is 10.5 Å². The maximum absolute atomic E-state index is 5.67. The van der Waals surface area contributed by atoms with Crippen LogP contribution in [0.25, 0.3) is 0 Å². The van der Waals surface area contributed by atoms with E-state index in [0.29, 0.717) is 17.3 Å². The Balaban J connectivity index is 2.02. The molecule has 0 atom stereocenters. The molecule has 4 nitrogen and oxygen atoms in total. The quantitative estimate of drug-likeness (QED) is 0.883. The average molecular weight is 235 g/mol. The summed E-state index contributed by atoms with van der Waals surface area (Å²) in [5.41, 5.74) is 7.63. The maximum atomic E-state index is 5.67. The number of hydrogen-bond acceptors (Lipinski definition) is 5. The third-order valence-corrected chi connectivity index (χ3v) is 2.86. The van der Waals surface area contributed by atoms with Gasteiger partial charge in [0.1, 0.15) is 23.1 Å². The molecular formula is C11H13N3OS. The van der Waals surface area contributed by atoms with E-state index < -0.39 is 0 Å². The zero-order valence-electron chi connectivity index (χ0n) is 9.01. The minimum absolute atomic E-state index is 0.371. The zero-order chi connectivity index (χ0) is 11.4. The van der Waals surface area contributed by atoms with Crippen LogP contribution in [0.3, 0.4) is 0 Å². The Hall–Kier alpha value is -1.62. The van der Waals surface area contributed by atoms with E-state index >= 15 is 0 Å². The van der Waals surface area contributed by atoms with Crippen LogP contribution in [0.1, 0.15) is 18.2 Å². The van der Waals surface area contributed by atoms with Crippen LogP contribution < -0.4 is 10.5 Å². The van der Waals surface area contributed by atoms with E-state index in [4.69, 9.17) is 10.5 Å². The van der Waals surface area contributed by atoms with Gasteiger partial charge in [0, 0.05) is 11.5 Å². The fraction of sp³-hybridized carbons (Fsp3) is 0.273. The second-order valence-corrected chi connectivity index (χ2v) is 4.16. The summed E-state index contributed by atoms with van der Waals surface area (Å²) in [5, 5.41) is 4.51. The van der Waals surface area contributed by atoms with Gasteiger partial charge in [-0.15, -0.1) is 5.10 Å². The van der Waals surface area contributed by atoms with Crippen molar-refractivity contribution < 1.29 is 4.74 Å². The Morgan fingerprint density at radius 1 is 1.44 bits per heavy atom. The Morgan fingerprint density at radius 3 is 3.00 bits per heavy atom. The van der Waals surface area contributed by atoms with Gasteiger partial charge in [-0.1, -0.05) is 23.5 Å². The smallest absolute Gasteiger partial charge is 0.136 e. The highest BCUT2D eigenvalue weighted by atomic mass is 32.1. The van der Waals surface area contributed by atoms with Crippen LogP contribution in [-0.4, -0.2) is 9.59 Å². The number of aromatic nitrogens is 2. The minimum Gasteiger partial charge on any atom is -0.487 e. The summed E-state index contributed by atoms with van der Waals surface area (Å²) in [5.74, 6) is 0.840. The van der Waals surface area contributed by atoms with Crippen molar-refractivity contribution in [3.63, 3.8) is 0 Å². The van der Waals surface area contributed by atoms with Gasteiger partial charge in [-0.05, 0) is 24.1 Å². The molecule has 0 aliphatic carbocycles. The molecule has 0 saturated heterocycles. The molecule has 2 rings (SSSR count). The molecule has 16 heavy (non-hydrogen) atoms. The molecule has 84 valence electrons. The van der Waals surface area contributed by atoms with Crippen molar-refractivity contribution in [1.82, 2.24) is 9.59 Å². The highest BCUT2D eigenvalue weighted by Gasteiger charge is 2.04. The fourth-order valence-corrected chi connectivity index (χ4v) is 1.75. The molecule has 0 saturated carbocycles. The third kappa shape index (κ3) is 2.49. The van der Waals surface area contributed by atoms with E-state index in [1.807, 2.05) is 18.2 Å². The van der Waals surface area contributed by atoms with Crippen molar-refractivity contribution in [1.29, 1.82) is 0 Å². The summed E-state index contributed by atoms with van der Waals surface area (Å²) in [6.07, 6.45) is 0.998. The van der Waals surface area contributed by atoms with Crippen molar-refractivity contribution in [2.45, 2.75) is 20.0 Å². The summed E-state index contributed by atoms with van der Waals surface area (Å²) < 4.78 is 9.35. The predicted octanol–water partition coefficient (Wildman–Crippen LogP) is 2.26. The number of nitrogens with zero attached hydrogens (tertiary/aromatic N) is 2. The molecule has 1 aromatic carbocycles. The lowest BCUT2D eigenvalue weighted by Gasteiger charge is -2.05. The molecule has 0 bridgehead atoms. The Morgan fingerprint density at radius 2 is 2.31 bits per heavy atom. The highest BCUT2D eigenvalue weighted by molar-refractivity contribution is 7.09. The molecule has 0 aliphatic heterocycles. The van der Waals surface area contributed by atoms with E-state index in [0.717, 1.165) is 12.2 Å². The van der Waals surface area contributed by atoms with E-state index in [9.17, 15) is 0 Å². The molecule has 5 heteroatoms. The Bertz CT molecular complexity index is 470. The van der Waals surface area contributed by atoms with Crippen LogP contribution in [0.2, 0.25) is 0 Å². The van der Waals surface area contributed by atoms with Gasteiger partial charge >= 0.3 is 0 Å². The molecular weight excluding hydrogens is 222 g/mol. The molecule has 0 radical (unpaired) electrons. The normalized spacial score (nSPS) is 10.3. The molecule has 0 fully saturated rings. The number of nitrogen functional groups attached to an aromatic ring is 1. The standard InChI is InChI=1S/C11H13N3OS/c1-2-8-4-3-5-9(6-8)15-7-10-11(12)16-14-13-10/h3-6H,2,7,12H2,1H3. The molecule has 1 heterocycles. The van der Waals surface area contributed by atoms with Gasteiger partial charge in [-0.2, -0.15) is 0 Å². The van der Waals surface area contributed by atoms with Crippen molar-refractivity contribution in [2.24, 2.45) is 0 Å². The van der Waals surface area contributed by atoms with Crippen LogP contribution in [0.5, 0.6) is 5.75 Å². The highest BCUT2D eigenvalue weighted by Crippen LogP contribution is 2.18. The summed E-state index contributed by atoms with van der Waals surface area (Å²) in [6, 6.07) is 8.01. The molecule has 1 aromatic heterocycles. The molecule has 0 spiro atoms. The molecule has 0 amide bonds. The van der Waals surface area contributed by atoms with E-state index in [2.05, 4.69) is 22.6 Å². The van der Waals surface area contributed by atoms with Crippen molar-refractivity contribution >= 4 is 16.5 Å². The number of hydrogen-bond donors (Lipinski definition) is 1. The summed E-state index contributed by atoms with van der Waals surface area (Å²) in [7, 11) is 0. The SMILES string of the molecule is CCc1cccc(OCc2nnsc2N)c1. The predicted molar refractivity (Wildman–Crippen MR) is 64.5 cm³/mol. The van der Waals surface area contributed by atoms with Crippen molar-refractivity contribution in [3.05, 3.63) is 35.5 Å². The van der Waals surface area contributed by atoms with Crippen LogP contribution >= 0.6 is 11.5 Å². The Kier molecular flexibility index (Phi) is 3.36. The van der Waals surface area contributed by atoms with Crippen LogP contribution in [0, 0.1) is 0 Å². The first kappa shape index (κ1) is 10.9. The van der Waals surface area contributed by atoms with Crippen LogP contribution in [0.4, 0.5) is 5.00 Å². The number of nitrogens with two attached hydrogens (primary N) is 1. The average Bonchev–Trinajstić information content (AvgIpc) is 2.72. The zero-order valence-corrected chi connectivity index (χ0v) is 9.83. The lowest BCUT2D eigenvalue weighted by Crippen LogP contribution is -1.99. The molecule has 2 aromatic rings. The van der Waals surface area contributed by atoms with Crippen molar-refractivity contribution in [3.8, 4) is 5.75 Å². The van der Waals surface area contributed by atoms with Crippen molar-refractivity contribution in [2.75, 3.05) is 5.73 Å². The molecule has 0 aliphatic rings. The summed E-state index contributed by atoms with van der Waals surface area (Å²) in [6.45, 7) is 2.48. The first-order chi connectivity index (χ1) is 7.79. The monoisotopic (exact) mass is 235 g/mol. The van der Waals surface area contributed by atoms with Gasteiger partial charge in [-0.25, -0.2) is 0 Å². The van der Waals surface area contributed by atoms with Crippen LogP contribution in [-0.2, 0) is 13.0 Å². The van der Waals surface area contributed by atoms with E-state index in [-0.39, 0.29) is 0 Å². The second kappa shape index (κ2) is 4.94. The lowest BCUT2D eigenvalue weighted by molar-refractivity contribution is 0.301. The number of rotatable bonds is 4. The summed E-state index contributed by atoms with van der Waals surface area (Å²) >= 11 is 1.18. The second-order valence-electron chi connectivity index (χ2n) is 3.37. The van der Waals surface area contributed by atoms with Gasteiger partial charge in [0.05, 0.1) is 0 Å². The topological polar surface area (TPSA) is 61.0 Å². The summed E-state index contributed by atoms with van der Waals surface area (Å²) in [4.78, 5) is 0. The Labute approximate surface area is 98.2 Å². The third-order valence-electron chi connectivity index (χ3n) is 2.27. The number of anilines is 1. The number of ether oxygens (including phenoxy) is 1.